The molecule has 1 atom stereocenters. The normalized spacial score (nSPS) is 12.7. The summed E-state index contributed by atoms with van der Waals surface area (Å²) in [6.07, 6.45) is 6.13. The molecule has 14 heavy (non-hydrogen) atoms. The quantitative estimate of drug-likeness (QED) is 0.558. The first-order chi connectivity index (χ1) is 6.70. The molecule has 0 bridgehead atoms. The van der Waals surface area contributed by atoms with E-state index < -0.39 is 0 Å². The monoisotopic (exact) mass is 200 g/mol. The van der Waals surface area contributed by atoms with E-state index in [9.17, 15) is 4.79 Å². The highest BCUT2D eigenvalue weighted by atomic mass is 16.1. The first-order valence-electron chi connectivity index (χ1n) is 5.72. The molecule has 3 N–H and O–H groups in total. The summed E-state index contributed by atoms with van der Waals surface area (Å²) in [7, 11) is 0. The minimum atomic E-state index is -0.189. The second kappa shape index (κ2) is 9.00. The van der Waals surface area contributed by atoms with E-state index in [0.717, 1.165) is 19.4 Å². The van der Waals surface area contributed by atoms with Gasteiger partial charge in [-0.3, -0.25) is 4.79 Å². The Balaban J connectivity index is 3.28. The number of carbonyl (C=O) groups excluding carboxylic acids is 1. The van der Waals surface area contributed by atoms with Crippen LogP contribution >= 0.6 is 0 Å². The van der Waals surface area contributed by atoms with E-state index in [1.807, 2.05) is 0 Å². The Hall–Kier alpha value is -0.570. The summed E-state index contributed by atoms with van der Waals surface area (Å²) in [5.74, 6) is -0.189. The van der Waals surface area contributed by atoms with Gasteiger partial charge >= 0.3 is 0 Å². The molecule has 0 aromatic heterocycles. The number of nitrogens with one attached hydrogen (secondary N) is 1. The number of primary amides is 1. The molecule has 0 spiro atoms. The van der Waals surface area contributed by atoms with Crippen LogP contribution in [0.1, 0.15) is 52.4 Å². The summed E-state index contributed by atoms with van der Waals surface area (Å²) in [5.41, 5.74) is 5.05. The van der Waals surface area contributed by atoms with Crippen LogP contribution in [0.25, 0.3) is 0 Å². The average Bonchev–Trinajstić information content (AvgIpc) is 2.15. The van der Waals surface area contributed by atoms with E-state index in [1.54, 1.807) is 0 Å². The third-order valence-corrected chi connectivity index (χ3v) is 2.41. The molecule has 0 fully saturated rings. The van der Waals surface area contributed by atoms with Gasteiger partial charge in [0.05, 0.1) is 0 Å². The van der Waals surface area contributed by atoms with E-state index in [-0.39, 0.29) is 5.91 Å². The molecule has 0 aromatic carbocycles. The zero-order valence-electron chi connectivity index (χ0n) is 9.51. The van der Waals surface area contributed by atoms with Crippen LogP contribution in [-0.4, -0.2) is 18.5 Å². The number of carbonyl (C=O) groups is 1. The molecule has 0 saturated heterocycles. The fourth-order valence-corrected chi connectivity index (χ4v) is 1.53. The van der Waals surface area contributed by atoms with Gasteiger partial charge in [0.15, 0.2) is 0 Å². The Kier molecular flexibility index (Phi) is 8.64. The summed E-state index contributed by atoms with van der Waals surface area (Å²) < 4.78 is 0. The lowest BCUT2D eigenvalue weighted by atomic mass is 10.1. The zero-order chi connectivity index (χ0) is 10.8. The van der Waals surface area contributed by atoms with Gasteiger partial charge < -0.3 is 11.1 Å². The van der Waals surface area contributed by atoms with Crippen LogP contribution < -0.4 is 11.1 Å². The number of unbranched alkanes of at least 4 members (excludes halogenated alkanes) is 1. The molecule has 0 rings (SSSR count). The molecule has 0 aliphatic heterocycles. The van der Waals surface area contributed by atoms with Gasteiger partial charge in [-0.1, -0.05) is 20.3 Å². The van der Waals surface area contributed by atoms with Gasteiger partial charge in [0.1, 0.15) is 0 Å². The number of hydrogen-bond donors (Lipinski definition) is 2. The molecule has 0 saturated carbocycles. The van der Waals surface area contributed by atoms with Crippen molar-refractivity contribution in [3.8, 4) is 0 Å². The van der Waals surface area contributed by atoms with Gasteiger partial charge in [-0.15, -0.1) is 0 Å². The van der Waals surface area contributed by atoms with E-state index in [2.05, 4.69) is 19.2 Å². The highest BCUT2D eigenvalue weighted by molar-refractivity contribution is 5.73. The Morgan fingerprint density at radius 1 is 1.36 bits per heavy atom. The lowest BCUT2D eigenvalue weighted by Crippen LogP contribution is -2.29. The van der Waals surface area contributed by atoms with Crippen LogP contribution in [0.3, 0.4) is 0 Å². The minimum absolute atomic E-state index is 0.189. The van der Waals surface area contributed by atoms with Crippen molar-refractivity contribution in [2.75, 3.05) is 6.54 Å². The molecule has 0 aromatic rings. The first-order valence-corrected chi connectivity index (χ1v) is 5.72. The highest BCUT2D eigenvalue weighted by Gasteiger charge is 2.02. The molecule has 0 heterocycles. The molecule has 3 nitrogen and oxygen atoms in total. The van der Waals surface area contributed by atoms with E-state index in [0.29, 0.717) is 12.5 Å². The molecule has 84 valence electrons. The Morgan fingerprint density at radius 3 is 2.57 bits per heavy atom. The highest BCUT2D eigenvalue weighted by Crippen LogP contribution is 2.01. The molecule has 3 heteroatoms. The van der Waals surface area contributed by atoms with Crippen molar-refractivity contribution in [1.29, 1.82) is 0 Å². The SMILES string of the molecule is CCCC(CC)NCCCCC(N)=O. The third kappa shape index (κ3) is 8.05. The van der Waals surface area contributed by atoms with Gasteiger partial charge in [0.25, 0.3) is 0 Å². The second-order valence-electron chi connectivity index (χ2n) is 3.77. The van der Waals surface area contributed by atoms with Crippen molar-refractivity contribution in [3.05, 3.63) is 0 Å². The largest absolute Gasteiger partial charge is 0.370 e. The smallest absolute Gasteiger partial charge is 0.217 e. The van der Waals surface area contributed by atoms with Crippen LogP contribution in [0, 0.1) is 0 Å². The van der Waals surface area contributed by atoms with Crippen molar-refractivity contribution in [1.82, 2.24) is 5.32 Å². The maximum absolute atomic E-state index is 10.5. The van der Waals surface area contributed by atoms with Gasteiger partial charge in [-0.2, -0.15) is 0 Å². The van der Waals surface area contributed by atoms with Crippen molar-refractivity contribution in [3.63, 3.8) is 0 Å². The summed E-state index contributed by atoms with van der Waals surface area (Å²) in [6.45, 7) is 5.42. The Labute approximate surface area is 87.4 Å². The van der Waals surface area contributed by atoms with Crippen molar-refractivity contribution in [2.24, 2.45) is 5.73 Å². The lowest BCUT2D eigenvalue weighted by Gasteiger charge is -2.15. The molecule has 0 aliphatic rings. The Bertz CT molecular complexity index is 148. The fourth-order valence-electron chi connectivity index (χ4n) is 1.53. The molecular weight excluding hydrogens is 176 g/mol. The van der Waals surface area contributed by atoms with Crippen LogP contribution in [0.15, 0.2) is 0 Å². The van der Waals surface area contributed by atoms with Gasteiger partial charge in [0, 0.05) is 12.5 Å². The van der Waals surface area contributed by atoms with E-state index in [4.69, 9.17) is 5.73 Å². The zero-order valence-corrected chi connectivity index (χ0v) is 9.51. The van der Waals surface area contributed by atoms with E-state index >= 15 is 0 Å². The van der Waals surface area contributed by atoms with Crippen molar-refractivity contribution < 1.29 is 4.79 Å². The molecule has 0 aliphatic carbocycles. The summed E-state index contributed by atoms with van der Waals surface area (Å²) in [5, 5.41) is 3.49. The standard InChI is InChI=1S/C11H24N2O/c1-3-7-10(4-2)13-9-6-5-8-11(12)14/h10,13H,3-9H2,1-2H3,(H2,12,14). The number of rotatable bonds is 9. The van der Waals surface area contributed by atoms with Crippen molar-refractivity contribution >= 4 is 5.91 Å². The molecule has 1 amide bonds. The van der Waals surface area contributed by atoms with Gasteiger partial charge in [-0.05, 0) is 32.2 Å². The first kappa shape index (κ1) is 13.4. The van der Waals surface area contributed by atoms with Crippen LogP contribution in [0.5, 0.6) is 0 Å². The van der Waals surface area contributed by atoms with Gasteiger partial charge in [-0.25, -0.2) is 0 Å². The molecule has 0 radical (unpaired) electrons. The van der Waals surface area contributed by atoms with E-state index in [1.165, 1.54) is 19.3 Å². The van der Waals surface area contributed by atoms with Crippen molar-refractivity contribution in [2.45, 2.75) is 58.4 Å². The predicted octanol–water partition coefficient (Wildman–Crippen LogP) is 1.81. The third-order valence-electron chi connectivity index (χ3n) is 2.41. The average molecular weight is 200 g/mol. The summed E-state index contributed by atoms with van der Waals surface area (Å²) in [6, 6.07) is 0.647. The maximum Gasteiger partial charge on any atom is 0.217 e. The number of amides is 1. The topological polar surface area (TPSA) is 55.1 Å². The Morgan fingerprint density at radius 2 is 2.07 bits per heavy atom. The molecular formula is C11H24N2O. The minimum Gasteiger partial charge on any atom is -0.370 e. The predicted molar refractivity (Wildman–Crippen MR) is 60.0 cm³/mol. The molecule has 1 unspecified atom stereocenters. The van der Waals surface area contributed by atoms with Gasteiger partial charge in [0.2, 0.25) is 5.91 Å². The maximum atomic E-state index is 10.5. The number of nitrogens with two attached hydrogens (primary N) is 1. The summed E-state index contributed by atoms with van der Waals surface area (Å²) in [4.78, 5) is 10.5. The fraction of sp³-hybridized carbons (Fsp3) is 0.909. The second-order valence-corrected chi connectivity index (χ2v) is 3.77. The van der Waals surface area contributed by atoms with Crippen LogP contribution in [0.4, 0.5) is 0 Å². The summed E-state index contributed by atoms with van der Waals surface area (Å²) >= 11 is 0. The van der Waals surface area contributed by atoms with Crippen LogP contribution in [-0.2, 0) is 4.79 Å². The number of hydrogen-bond acceptors (Lipinski definition) is 2. The van der Waals surface area contributed by atoms with Crippen LogP contribution in [0.2, 0.25) is 0 Å². The lowest BCUT2D eigenvalue weighted by molar-refractivity contribution is -0.118.